The van der Waals surface area contributed by atoms with Crippen molar-refractivity contribution in [1.29, 1.82) is 0 Å². The van der Waals surface area contributed by atoms with Crippen LogP contribution in [0.15, 0.2) is 54.6 Å². The van der Waals surface area contributed by atoms with Gasteiger partial charge in [-0.3, -0.25) is 0 Å². The van der Waals surface area contributed by atoms with Crippen LogP contribution in [0.3, 0.4) is 0 Å². The molecule has 2 aliphatic carbocycles. The van der Waals surface area contributed by atoms with E-state index in [1.165, 1.54) is 109 Å². The Balaban J connectivity index is 1.55. The summed E-state index contributed by atoms with van der Waals surface area (Å²) in [5.41, 5.74) is 10.3. The maximum absolute atomic E-state index is 7.02. The molecule has 1 nitrogen and oxygen atoms in total. The summed E-state index contributed by atoms with van der Waals surface area (Å²) in [6.45, 7) is 9.23. The van der Waals surface area contributed by atoms with Crippen molar-refractivity contribution in [2.24, 2.45) is 0 Å². The zero-order valence-corrected chi connectivity index (χ0v) is 24.4. The summed E-state index contributed by atoms with van der Waals surface area (Å²) in [7, 11) is -0.720. The molecule has 0 aliphatic heterocycles. The van der Waals surface area contributed by atoms with E-state index in [-0.39, 0.29) is 0 Å². The summed E-state index contributed by atoms with van der Waals surface area (Å²) < 4.78 is 7.02. The molecule has 1 atom stereocenters. The fourth-order valence-electron chi connectivity index (χ4n) is 6.86. The lowest BCUT2D eigenvalue weighted by Gasteiger charge is -2.29. The molecule has 196 valence electrons. The second-order valence-corrected chi connectivity index (χ2v) is 13.4. The Morgan fingerprint density at radius 2 is 1.22 bits per heavy atom. The van der Waals surface area contributed by atoms with Gasteiger partial charge in [0.1, 0.15) is 13.9 Å². The number of hydrogen-bond acceptors (Lipinski definition) is 1. The van der Waals surface area contributed by atoms with E-state index in [2.05, 4.69) is 82.0 Å². The minimum atomic E-state index is -0.720. The third kappa shape index (κ3) is 6.31. The second kappa shape index (κ2) is 12.2. The zero-order chi connectivity index (χ0) is 25.8. The van der Waals surface area contributed by atoms with E-state index in [9.17, 15) is 0 Å². The van der Waals surface area contributed by atoms with E-state index in [4.69, 9.17) is 4.52 Å². The van der Waals surface area contributed by atoms with Gasteiger partial charge in [-0.05, 0) is 92.8 Å². The van der Waals surface area contributed by atoms with E-state index >= 15 is 0 Å². The molecule has 3 aromatic carbocycles. The van der Waals surface area contributed by atoms with Crippen LogP contribution in [0.4, 0.5) is 0 Å². The highest BCUT2D eigenvalue weighted by Crippen LogP contribution is 2.45. The summed E-state index contributed by atoms with van der Waals surface area (Å²) >= 11 is 0. The van der Waals surface area contributed by atoms with Crippen LogP contribution in [-0.2, 0) is 6.42 Å². The van der Waals surface area contributed by atoms with Gasteiger partial charge in [0, 0.05) is 11.7 Å². The predicted octanol–water partition coefficient (Wildman–Crippen LogP) is 10.0. The lowest BCUT2D eigenvalue weighted by atomic mass is 9.79. The van der Waals surface area contributed by atoms with Gasteiger partial charge >= 0.3 is 0 Å². The van der Waals surface area contributed by atoms with Gasteiger partial charge in [-0.15, -0.1) is 0 Å². The number of aryl methyl sites for hydroxylation is 2. The van der Waals surface area contributed by atoms with Crippen LogP contribution in [0.5, 0.6) is 5.75 Å². The largest absolute Gasteiger partial charge is 0.469 e. The van der Waals surface area contributed by atoms with Crippen LogP contribution in [0.2, 0.25) is 0 Å². The SMILES string of the molecule is Cc1cc(Cc2cc(C)cc(C3CCCCC3)c2OP(C)c2ccccc2)c(C)c(C2CCCCC2)c1. The van der Waals surface area contributed by atoms with Crippen molar-refractivity contribution in [2.45, 2.75) is 103 Å². The predicted molar refractivity (Wildman–Crippen MR) is 161 cm³/mol. The molecule has 0 N–H and O–H groups in total. The molecule has 0 aromatic heterocycles. The first-order chi connectivity index (χ1) is 18.0. The average molecular weight is 513 g/mol. The first-order valence-electron chi connectivity index (χ1n) is 14.7. The van der Waals surface area contributed by atoms with Gasteiger partial charge in [-0.1, -0.05) is 104 Å². The van der Waals surface area contributed by atoms with Gasteiger partial charge in [-0.25, -0.2) is 0 Å². The Morgan fingerprint density at radius 3 is 1.84 bits per heavy atom. The van der Waals surface area contributed by atoms with E-state index in [1.807, 2.05) is 0 Å². The van der Waals surface area contributed by atoms with Crippen LogP contribution in [0, 0.1) is 20.8 Å². The Labute approximate surface area is 226 Å². The maximum Gasteiger partial charge on any atom is 0.130 e. The van der Waals surface area contributed by atoms with E-state index in [0.717, 1.165) is 12.3 Å². The Kier molecular flexibility index (Phi) is 8.71. The van der Waals surface area contributed by atoms with Crippen molar-refractivity contribution in [3.8, 4) is 5.75 Å². The van der Waals surface area contributed by atoms with Gasteiger partial charge < -0.3 is 4.52 Å². The zero-order valence-electron chi connectivity index (χ0n) is 23.5. The standard InChI is InChI=1S/C35H45OP/c1-25-20-30(27(3)33(22-25)28-14-8-5-9-15-28)24-31-21-26(2)23-34(29-16-10-6-11-17-29)35(31)36-37(4)32-18-12-7-13-19-32/h7,12-13,18-23,28-29H,5-6,8-11,14-17,24H2,1-4H3. The molecule has 2 fully saturated rings. The van der Waals surface area contributed by atoms with Gasteiger partial charge in [0.05, 0.1) is 0 Å². The normalized spacial score (nSPS) is 18.1. The number of rotatable bonds is 7. The fraction of sp³-hybridized carbons (Fsp3) is 0.486. The van der Waals surface area contributed by atoms with Crippen LogP contribution in [0.1, 0.15) is 115 Å². The number of hydrogen-bond donors (Lipinski definition) is 0. The molecule has 1 unspecified atom stereocenters. The molecule has 0 spiro atoms. The molecular formula is C35H45OP. The van der Waals surface area contributed by atoms with Gasteiger partial charge in [0.25, 0.3) is 0 Å². The van der Waals surface area contributed by atoms with Crippen LogP contribution in [-0.4, -0.2) is 6.66 Å². The Hall–Kier alpha value is -2.11. The topological polar surface area (TPSA) is 9.23 Å². The molecule has 3 aromatic rings. The van der Waals surface area contributed by atoms with Crippen LogP contribution < -0.4 is 9.83 Å². The van der Waals surface area contributed by atoms with Gasteiger partial charge in [-0.2, -0.15) is 0 Å². The first kappa shape index (κ1) is 26.5. The summed E-state index contributed by atoms with van der Waals surface area (Å²) in [6.07, 6.45) is 14.5. The van der Waals surface area contributed by atoms with Crippen molar-refractivity contribution >= 4 is 13.5 Å². The second-order valence-electron chi connectivity index (χ2n) is 11.8. The summed E-state index contributed by atoms with van der Waals surface area (Å²) in [5, 5.41) is 1.31. The van der Waals surface area contributed by atoms with Gasteiger partial charge in [0.2, 0.25) is 0 Å². The molecule has 2 aliphatic rings. The Bertz CT molecular complexity index is 1190. The highest BCUT2D eigenvalue weighted by molar-refractivity contribution is 7.60. The molecular weight excluding hydrogens is 467 g/mol. The highest BCUT2D eigenvalue weighted by atomic mass is 31.1. The highest BCUT2D eigenvalue weighted by Gasteiger charge is 2.25. The van der Waals surface area contributed by atoms with Crippen molar-refractivity contribution in [2.75, 3.05) is 6.66 Å². The van der Waals surface area contributed by atoms with Crippen molar-refractivity contribution < 1.29 is 4.52 Å². The minimum absolute atomic E-state index is 0.623. The lowest BCUT2D eigenvalue weighted by Crippen LogP contribution is -2.12. The molecule has 5 rings (SSSR count). The number of benzene rings is 3. The quantitative estimate of drug-likeness (QED) is 0.286. The van der Waals surface area contributed by atoms with E-state index in [0.29, 0.717) is 5.92 Å². The third-order valence-electron chi connectivity index (χ3n) is 8.86. The average Bonchev–Trinajstić information content (AvgIpc) is 2.93. The minimum Gasteiger partial charge on any atom is -0.469 e. The van der Waals surface area contributed by atoms with Crippen molar-refractivity contribution in [1.82, 2.24) is 0 Å². The first-order valence-corrected chi connectivity index (χ1v) is 16.4. The van der Waals surface area contributed by atoms with E-state index < -0.39 is 8.15 Å². The molecule has 0 radical (unpaired) electrons. The summed E-state index contributed by atoms with van der Waals surface area (Å²) in [4.78, 5) is 0. The fourth-order valence-corrected chi connectivity index (χ4v) is 8.05. The maximum atomic E-state index is 7.02. The lowest BCUT2D eigenvalue weighted by molar-refractivity contribution is 0.434. The summed E-state index contributed by atoms with van der Waals surface area (Å²) in [6, 6.07) is 20.6. The van der Waals surface area contributed by atoms with Crippen molar-refractivity contribution in [3.63, 3.8) is 0 Å². The Morgan fingerprint density at radius 1 is 0.676 bits per heavy atom. The summed E-state index contributed by atoms with van der Waals surface area (Å²) in [5.74, 6) is 2.55. The molecule has 0 bridgehead atoms. The van der Waals surface area contributed by atoms with Crippen molar-refractivity contribution in [3.05, 3.63) is 93.5 Å². The molecule has 0 amide bonds. The molecule has 2 saturated carbocycles. The van der Waals surface area contributed by atoms with Crippen LogP contribution in [0.25, 0.3) is 0 Å². The molecule has 2 heteroatoms. The molecule has 0 heterocycles. The smallest absolute Gasteiger partial charge is 0.130 e. The van der Waals surface area contributed by atoms with Gasteiger partial charge in [0.15, 0.2) is 0 Å². The van der Waals surface area contributed by atoms with E-state index in [1.54, 1.807) is 5.56 Å². The molecule has 37 heavy (non-hydrogen) atoms. The molecule has 0 saturated heterocycles. The third-order valence-corrected chi connectivity index (χ3v) is 10.3. The monoisotopic (exact) mass is 512 g/mol. The van der Waals surface area contributed by atoms with Crippen LogP contribution >= 0.6 is 8.15 Å².